The van der Waals surface area contributed by atoms with Crippen molar-refractivity contribution in [3.63, 3.8) is 0 Å². The van der Waals surface area contributed by atoms with Crippen molar-refractivity contribution in [1.29, 1.82) is 0 Å². The maximum atomic E-state index is 12.2. The summed E-state index contributed by atoms with van der Waals surface area (Å²) in [6, 6.07) is 7.37. The van der Waals surface area contributed by atoms with Crippen molar-refractivity contribution in [3.05, 3.63) is 47.0 Å². The number of carbonyl (C=O) groups is 1. The average molecular weight is 277 g/mol. The third-order valence-corrected chi connectivity index (χ3v) is 3.51. The minimum absolute atomic E-state index is 0.108. The minimum Gasteiger partial charge on any atom is -0.333 e. The lowest BCUT2D eigenvalue weighted by Crippen LogP contribution is -2.39. The summed E-state index contributed by atoms with van der Waals surface area (Å²) in [5.41, 5.74) is 0.974. The molecular weight excluding hydrogens is 264 g/mol. The summed E-state index contributed by atoms with van der Waals surface area (Å²) in [6.07, 6.45) is 2.10. The van der Waals surface area contributed by atoms with E-state index in [-0.39, 0.29) is 5.91 Å². The fourth-order valence-electron chi connectivity index (χ4n) is 2.17. The summed E-state index contributed by atoms with van der Waals surface area (Å²) in [5.74, 6) is 0.951. The number of amides is 1. The smallest absolute Gasteiger partial charge is 0.227 e. The van der Waals surface area contributed by atoms with E-state index in [1.807, 2.05) is 21.6 Å². The van der Waals surface area contributed by atoms with Gasteiger partial charge in [0.15, 0.2) is 5.82 Å². The summed E-state index contributed by atoms with van der Waals surface area (Å²) in [7, 11) is 0. The van der Waals surface area contributed by atoms with Crippen LogP contribution in [0.25, 0.3) is 0 Å². The van der Waals surface area contributed by atoms with Crippen molar-refractivity contribution in [3.8, 4) is 0 Å². The number of benzene rings is 1. The summed E-state index contributed by atoms with van der Waals surface area (Å²) in [4.78, 5) is 14.0. The molecule has 1 aliphatic heterocycles. The van der Waals surface area contributed by atoms with Crippen LogP contribution in [0.3, 0.4) is 0 Å². The van der Waals surface area contributed by atoms with Gasteiger partial charge in [-0.05, 0) is 17.7 Å². The summed E-state index contributed by atoms with van der Waals surface area (Å²) < 4.78 is 1.98. The molecule has 0 saturated heterocycles. The summed E-state index contributed by atoms with van der Waals surface area (Å²) >= 11 is 5.83. The van der Waals surface area contributed by atoms with Gasteiger partial charge in [-0.1, -0.05) is 23.7 Å². The van der Waals surface area contributed by atoms with Crippen LogP contribution < -0.4 is 0 Å². The predicted molar refractivity (Wildman–Crippen MR) is 70.6 cm³/mol. The minimum atomic E-state index is 0.108. The first-order chi connectivity index (χ1) is 9.22. The van der Waals surface area contributed by atoms with Gasteiger partial charge in [-0.3, -0.25) is 4.79 Å². The van der Waals surface area contributed by atoms with E-state index in [4.69, 9.17) is 11.6 Å². The molecule has 98 valence electrons. The monoisotopic (exact) mass is 276 g/mol. The molecular formula is C13H13ClN4O. The van der Waals surface area contributed by atoms with Crippen LogP contribution in [0, 0.1) is 0 Å². The number of rotatable bonds is 2. The number of fused-ring (bicyclic) bond motifs is 1. The van der Waals surface area contributed by atoms with E-state index < -0.39 is 0 Å². The molecule has 19 heavy (non-hydrogen) atoms. The Kier molecular flexibility index (Phi) is 3.21. The van der Waals surface area contributed by atoms with E-state index in [1.165, 1.54) is 0 Å². The molecule has 0 radical (unpaired) electrons. The molecule has 1 aromatic heterocycles. The molecule has 0 fully saturated rings. The van der Waals surface area contributed by atoms with Crippen LogP contribution in [0.2, 0.25) is 5.02 Å². The predicted octanol–water partition coefficient (Wildman–Crippen LogP) is 1.52. The topological polar surface area (TPSA) is 51.0 Å². The van der Waals surface area contributed by atoms with Crippen LogP contribution in [0.15, 0.2) is 30.6 Å². The number of aromatic nitrogens is 3. The Hall–Kier alpha value is -1.88. The van der Waals surface area contributed by atoms with Crippen LogP contribution >= 0.6 is 11.6 Å². The third kappa shape index (κ3) is 2.61. The lowest BCUT2D eigenvalue weighted by atomic mass is 10.1. The quantitative estimate of drug-likeness (QED) is 0.836. The zero-order valence-corrected chi connectivity index (χ0v) is 11.0. The Balaban J connectivity index is 1.67. The van der Waals surface area contributed by atoms with Crippen LogP contribution in [0.1, 0.15) is 11.4 Å². The molecule has 1 amide bonds. The highest BCUT2D eigenvalue weighted by Gasteiger charge is 2.21. The first-order valence-electron chi connectivity index (χ1n) is 6.11. The third-order valence-electron chi connectivity index (χ3n) is 3.26. The Labute approximate surface area is 115 Å². The molecule has 0 spiro atoms. The van der Waals surface area contributed by atoms with Gasteiger partial charge in [0, 0.05) is 18.1 Å². The van der Waals surface area contributed by atoms with Crippen LogP contribution in [0.4, 0.5) is 0 Å². The van der Waals surface area contributed by atoms with E-state index in [0.29, 0.717) is 24.5 Å². The van der Waals surface area contributed by atoms with Gasteiger partial charge in [0.2, 0.25) is 5.91 Å². The second-order valence-corrected chi connectivity index (χ2v) is 5.00. The fourth-order valence-corrected chi connectivity index (χ4v) is 2.29. The molecule has 0 bridgehead atoms. The van der Waals surface area contributed by atoms with Crippen molar-refractivity contribution in [1.82, 2.24) is 19.7 Å². The SMILES string of the molecule is O=C(Cc1ccc(Cl)cc1)N1CCn2cnnc2C1. The Morgan fingerprint density at radius 3 is 2.84 bits per heavy atom. The molecule has 2 heterocycles. The first-order valence-corrected chi connectivity index (χ1v) is 6.49. The van der Waals surface area contributed by atoms with Gasteiger partial charge < -0.3 is 9.47 Å². The molecule has 3 rings (SSSR count). The molecule has 5 nitrogen and oxygen atoms in total. The average Bonchev–Trinajstić information content (AvgIpc) is 2.88. The largest absolute Gasteiger partial charge is 0.333 e. The van der Waals surface area contributed by atoms with Gasteiger partial charge in [-0.2, -0.15) is 0 Å². The lowest BCUT2D eigenvalue weighted by Gasteiger charge is -2.27. The number of nitrogens with zero attached hydrogens (tertiary/aromatic N) is 4. The van der Waals surface area contributed by atoms with Gasteiger partial charge >= 0.3 is 0 Å². The Morgan fingerprint density at radius 1 is 1.26 bits per heavy atom. The van der Waals surface area contributed by atoms with Gasteiger partial charge in [0.1, 0.15) is 6.33 Å². The van der Waals surface area contributed by atoms with Crippen LogP contribution in [0.5, 0.6) is 0 Å². The van der Waals surface area contributed by atoms with E-state index in [2.05, 4.69) is 10.2 Å². The molecule has 2 aromatic rings. The number of hydrogen-bond donors (Lipinski definition) is 0. The normalized spacial score (nSPS) is 14.3. The van der Waals surface area contributed by atoms with Crippen LogP contribution in [-0.4, -0.2) is 32.1 Å². The molecule has 1 aromatic carbocycles. The summed E-state index contributed by atoms with van der Waals surface area (Å²) in [6.45, 7) is 2.00. The number of hydrogen-bond acceptors (Lipinski definition) is 3. The fraction of sp³-hybridized carbons (Fsp3) is 0.308. The van der Waals surface area contributed by atoms with E-state index in [0.717, 1.165) is 17.9 Å². The number of halogens is 1. The molecule has 6 heteroatoms. The van der Waals surface area contributed by atoms with E-state index in [9.17, 15) is 4.79 Å². The van der Waals surface area contributed by atoms with Gasteiger partial charge in [0.25, 0.3) is 0 Å². The van der Waals surface area contributed by atoms with E-state index >= 15 is 0 Å². The molecule has 0 saturated carbocycles. The number of carbonyl (C=O) groups excluding carboxylic acids is 1. The van der Waals surface area contributed by atoms with Crippen molar-refractivity contribution in [2.45, 2.75) is 19.5 Å². The maximum absolute atomic E-state index is 12.2. The Morgan fingerprint density at radius 2 is 2.05 bits per heavy atom. The highest BCUT2D eigenvalue weighted by Crippen LogP contribution is 2.13. The van der Waals surface area contributed by atoms with Crippen molar-refractivity contribution < 1.29 is 4.79 Å². The van der Waals surface area contributed by atoms with Gasteiger partial charge in [-0.15, -0.1) is 10.2 Å². The highest BCUT2D eigenvalue weighted by molar-refractivity contribution is 6.30. The van der Waals surface area contributed by atoms with E-state index in [1.54, 1.807) is 18.5 Å². The molecule has 0 atom stereocenters. The highest BCUT2D eigenvalue weighted by atomic mass is 35.5. The second-order valence-electron chi connectivity index (χ2n) is 4.56. The van der Waals surface area contributed by atoms with Crippen LogP contribution in [-0.2, 0) is 24.3 Å². The van der Waals surface area contributed by atoms with Crippen molar-refractivity contribution in [2.75, 3.05) is 6.54 Å². The summed E-state index contributed by atoms with van der Waals surface area (Å²) in [5, 5.41) is 8.54. The van der Waals surface area contributed by atoms with Crippen molar-refractivity contribution in [2.24, 2.45) is 0 Å². The molecule has 1 aliphatic rings. The molecule has 0 unspecified atom stereocenters. The van der Waals surface area contributed by atoms with Gasteiger partial charge in [-0.25, -0.2) is 0 Å². The standard InChI is InChI=1S/C13H13ClN4O/c14-11-3-1-10(2-4-11)7-13(19)17-5-6-18-9-15-16-12(18)8-17/h1-4,9H,5-8H2. The zero-order chi connectivity index (χ0) is 13.2. The van der Waals surface area contributed by atoms with Crippen molar-refractivity contribution >= 4 is 17.5 Å². The Bertz CT molecular complexity index is 593. The first kappa shape index (κ1) is 12.2. The maximum Gasteiger partial charge on any atom is 0.227 e. The molecule has 0 aliphatic carbocycles. The zero-order valence-electron chi connectivity index (χ0n) is 10.3. The molecule has 0 N–H and O–H groups in total. The van der Waals surface area contributed by atoms with Gasteiger partial charge in [0.05, 0.1) is 13.0 Å². The second kappa shape index (κ2) is 5.01. The lowest BCUT2D eigenvalue weighted by molar-refractivity contribution is -0.132.